The predicted octanol–water partition coefficient (Wildman–Crippen LogP) is 1.30. The van der Waals surface area contributed by atoms with Crippen LogP contribution in [0.1, 0.15) is 34.1 Å². The van der Waals surface area contributed by atoms with Crippen LogP contribution in [-0.2, 0) is 9.59 Å². The molecule has 0 heterocycles. The van der Waals surface area contributed by atoms with Gasteiger partial charge in [-0.25, -0.2) is 0 Å². The molecule has 0 aromatic rings. The number of ketones is 1. The van der Waals surface area contributed by atoms with Gasteiger partial charge in [0.25, 0.3) is 0 Å². The van der Waals surface area contributed by atoms with E-state index in [2.05, 4.69) is 5.32 Å². The molecule has 0 aliphatic rings. The average molecular weight is 215 g/mol. The summed E-state index contributed by atoms with van der Waals surface area (Å²) < 4.78 is 0. The standard InChI is InChI=1S/C11H21NO3/c1-7(2)5-9(13)6-12-10(8(3)4)11(14)15/h7-8,10,12H,5-6H2,1-4H3,(H,14,15). The summed E-state index contributed by atoms with van der Waals surface area (Å²) in [5.74, 6) is -0.532. The van der Waals surface area contributed by atoms with Crippen molar-refractivity contribution in [2.24, 2.45) is 11.8 Å². The molecule has 0 rings (SSSR count). The van der Waals surface area contributed by atoms with Crippen LogP contribution in [0.2, 0.25) is 0 Å². The van der Waals surface area contributed by atoms with E-state index in [0.29, 0.717) is 12.3 Å². The van der Waals surface area contributed by atoms with Crippen LogP contribution >= 0.6 is 0 Å². The van der Waals surface area contributed by atoms with Crippen LogP contribution < -0.4 is 5.32 Å². The lowest BCUT2D eigenvalue weighted by Crippen LogP contribution is -2.43. The minimum Gasteiger partial charge on any atom is -0.480 e. The van der Waals surface area contributed by atoms with Crippen LogP contribution in [0.25, 0.3) is 0 Å². The molecule has 4 nitrogen and oxygen atoms in total. The van der Waals surface area contributed by atoms with Crippen molar-refractivity contribution in [1.29, 1.82) is 0 Å². The second kappa shape index (κ2) is 6.56. The number of carboxylic acids is 1. The molecule has 1 atom stereocenters. The molecule has 0 radical (unpaired) electrons. The van der Waals surface area contributed by atoms with Crippen molar-refractivity contribution in [2.75, 3.05) is 6.54 Å². The molecule has 1 unspecified atom stereocenters. The minimum absolute atomic E-state index is 0.0191. The van der Waals surface area contributed by atoms with Gasteiger partial charge in [-0.3, -0.25) is 14.9 Å². The topological polar surface area (TPSA) is 66.4 Å². The van der Waals surface area contributed by atoms with Gasteiger partial charge in [-0.1, -0.05) is 27.7 Å². The van der Waals surface area contributed by atoms with E-state index in [4.69, 9.17) is 5.11 Å². The molecule has 4 heteroatoms. The second-order valence-electron chi connectivity index (χ2n) is 4.58. The first-order chi connectivity index (χ1) is 6.84. The molecular formula is C11H21NO3. The molecule has 0 aliphatic heterocycles. The van der Waals surface area contributed by atoms with Crippen LogP contribution in [0, 0.1) is 11.8 Å². The van der Waals surface area contributed by atoms with E-state index in [1.807, 2.05) is 27.7 Å². The van der Waals surface area contributed by atoms with Crippen molar-refractivity contribution < 1.29 is 14.7 Å². The normalized spacial score (nSPS) is 13.2. The van der Waals surface area contributed by atoms with E-state index in [1.165, 1.54) is 0 Å². The van der Waals surface area contributed by atoms with E-state index < -0.39 is 12.0 Å². The van der Waals surface area contributed by atoms with Crippen LogP contribution in [0.3, 0.4) is 0 Å². The molecule has 0 aliphatic carbocycles. The highest BCUT2D eigenvalue weighted by Gasteiger charge is 2.21. The van der Waals surface area contributed by atoms with E-state index in [-0.39, 0.29) is 18.2 Å². The van der Waals surface area contributed by atoms with Crippen LogP contribution in [-0.4, -0.2) is 29.4 Å². The third-order valence-corrected chi connectivity index (χ3v) is 2.09. The van der Waals surface area contributed by atoms with Gasteiger partial charge in [-0.2, -0.15) is 0 Å². The summed E-state index contributed by atoms with van der Waals surface area (Å²) in [6, 6.07) is -0.638. The largest absolute Gasteiger partial charge is 0.480 e. The first kappa shape index (κ1) is 14.1. The summed E-state index contributed by atoms with van der Waals surface area (Å²) in [6.07, 6.45) is 0.497. The molecule has 0 aromatic carbocycles. The number of carbonyl (C=O) groups excluding carboxylic acids is 1. The quantitative estimate of drug-likeness (QED) is 0.671. The Morgan fingerprint density at radius 2 is 1.73 bits per heavy atom. The fraction of sp³-hybridized carbons (Fsp3) is 0.818. The predicted molar refractivity (Wildman–Crippen MR) is 58.7 cm³/mol. The van der Waals surface area contributed by atoms with E-state index >= 15 is 0 Å². The van der Waals surface area contributed by atoms with Gasteiger partial charge in [0.15, 0.2) is 0 Å². The summed E-state index contributed by atoms with van der Waals surface area (Å²) >= 11 is 0. The number of carboxylic acid groups (broad SMARTS) is 1. The summed E-state index contributed by atoms with van der Waals surface area (Å²) in [6.45, 7) is 7.72. The van der Waals surface area contributed by atoms with Crippen molar-refractivity contribution in [1.82, 2.24) is 5.32 Å². The Kier molecular flexibility index (Phi) is 6.17. The summed E-state index contributed by atoms with van der Waals surface area (Å²) in [7, 11) is 0. The van der Waals surface area contributed by atoms with Crippen LogP contribution in [0.4, 0.5) is 0 Å². The Balaban J connectivity index is 4.00. The van der Waals surface area contributed by atoms with E-state index in [9.17, 15) is 9.59 Å². The van der Waals surface area contributed by atoms with Gasteiger partial charge < -0.3 is 5.11 Å². The molecule has 0 aromatic heterocycles. The van der Waals surface area contributed by atoms with E-state index in [1.54, 1.807) is 0 Å². The summed E-state index contributed by atoms with van der Waals surface area (Å²) in [4.78, 5) is 22.1. The van der Waals surface area contributed by atoms with Gasteiger partial charge in [0.05, 0.1) is 6.54 Å². The molecule has 0 saturated heterocycles. The first-order valence-corrected chi connectivity index (χ1v) is 5.32. The molecule has 0 saturated carbocycles. The lowest BCUT2D eigenvalue weighted by molar-refractivity contribution is -0.140. The zero-order valence-corrected chi connectivity index (χ0v) is 9.91. The number of rotatable bonds is 7. The Morgan fingerprint density at radius 3 is 2.07 bits per heavy atom. The number of aliphatic carboxylic acids is 1. The number of hydrogen-bond acceptors (Lipinski definition) is 3. The Morgan fingerprint density at radius 1 is 1.20 bits per heavy atom. The van der Waals surface area contributed by atoms with Crippen molar-refractivity contribution in [3.05, 3.63) is 0 Å². The van der Waals surface area contributed by atoms with Crippen molar-refractivity contribution >= 4 is 11.8 Å². The Labute approximate surface area is 91.1 Å². The number of hydrogen-bond donors (Lipinski definition) is 2. The lowest BCUT2D eigenvalue weighted by Gasteiger charge is -2.17. The van der Waals surface area contributed by atoms with Crippen LogP contribution in [0.15, 0.2) is 0 Å². The maximum Gasteiger partial charge on any atom is 0.320 e. The Bertz CT molecular complexity index is 224. The SMILES string of the molecule is CC(C)CC(=O)CNC(C(=O)O)C(C)C. The number of carbonyl (C=O) groups is 2. The molecular weight excluding hydrogens is 194 g/mol. The highest BCUT2D eigenvalue weighted by atomic mass is 16.4. The molecule has 0 bridgehead atoms. The highest BCUT2D eigenvalue weighted by molar-refractivity contribution is 5.82. The number of nitrogens with one attached hydrogen (secondary N) is 1. The first-order valence-electron chi connectivity index (χ1n) is 5.32. The average Bonchev–Trinajstić information content (AvgIpc) is 2.00. The minimum atomic E-state index is -0.901. The molecule has 15 heavy (non-hydrogen) atoms. The fourth-order valence-electron chi connectivity index (χ4n) is 1.36. The molecule has 0 fully saturated rings. The zero-order chi connectivity index (χ0) is 12.0. The maximum absolute atomic E-state index is 11.3. The third-order valence-electron chi connectivity index (χ3n) is 2.09. The monoisotopic (exact) mass is 215 g/mol. The highest BCUT2D eigenvalue weighted by Crippen LogP contribution is 2.03. The molecule has 0 amide bonds. The van der Waals surface area contributed by atoms with Crippen molar-refractivity contribution in [3.63, 3.8) is 0 Å². The van der Waals surface area contributed by atoms with Gasteiger partial charge in [0, 0.05) is 6.42 Å². The van der Waals surface area contributed by atoms with E-state index in [0.717, 1.165) is 0 Å². The van der Waals surface area contributed by atoms with Gasteiger partial charge in [-0.05, 0) is 11.8 Å². The van der Waals surface area contributed by atoms with Gasteiger partial charge in [-0.15, -0.1) is 0 Å². The zero-order valence-electron chi connectivity index (χ0n) is 9.91. The van der Waals surface area contributed by atoms with Gasteiger partial charge in [0.2, 0.25) is 0 Å². The van der Waals surface area contributed by atoms with Crippen molar-refractivity contribution in [3.8, 4) is 0 Å². The molecule has 2 N–H and O–H groups in total. The number of Topliss-reactive ketones (excluding diaryl/α,β-unsaturated/α-hetero) is 1. The van der Waals surface area contributed by atoms with Crippen LogP contribution in [0.5, 0.6) is 0 Å². The second-order valence-corrected chi connectivity index (χ2v) is 4.58. The fourth-order valence-corrected chi connectivity index (χ4v) is 1.36. The molecule has 88 valence electrons. The Hall–Kier alpha value is -0.900. The van der Waals surface area contributed by atoms with Gasteiger partial charge >= 0.3 is 5.97 Å². The van der Waals surface area contributed by atoms with Crippen molar-refractivity contribution in [2.45, 2.75) is 40.2 Å². The molecule has 0 spiro atoms. The third kappa shape index (κ3) is 6.23. The lowest BCUT2D eigenvalue weighted by atomic mass is 10.0. The summed E-state index contributed by atoms with van der Waals surface area (Å²) in [5.41, 5.74) is 0. The van der Waals surface area contributed by atoms with Gasteiger partial charge in [0.1, 0.15) is 11.8 Å². The summed E-state index contributed by atoms with van der Waals surface area (Å²) in [5, 5.41) is 11.6. The maximum atomic E-state index is 11.3. The smallest absolute Gasteiger partial charge is 0.320 e.